The van der Waals surface area contributed by atoms with Crippen LogP contribution in [0.1, 0.15) is 12.8 Å². The minimum absolute atomic E-state index is 0.0771. The summed E-state index contributed by atoms with van der Waals surface area (Å²) < 4.78 is 24.6. The largest absolute Gasteiger partial charge is 0.481 e. The van der Waals surface area contributed by atoms with Crippen LogP contribution in [0.15, 0.2) is 0 Å². The van der Waals surface area contributed by atoms with Gasteiger partial charge in [-0.15, -0.1) is 0 Å². The molecule has 0 aliphatic rings. The van der Waals surface area contributed by atoms with Gasteiger partial charge in [0.05, 0.1) is 12.2 Å². The first-order chi connectivity index (χ1) is 7.41. The summed E-state index contributed by atoms with van der Waals surface area (Å²) in [6, 6.07) is 0. The molecule has 4 N–H and O–H groups in total. The van der Waals surface area contributed by atoms with Gasteiger partial charge >= 0.3 is 5.97 Å². The molecule has 16 heavy (non-hydrogen) atoms. The molecule has 0 aliphatic heterocycles. The molecule has 0 amide bonds. The second kappa shape index (κ2) is 7.55. The molecule has 0 aliphatic carbocycles. The fourth-order valence-electron chi connectivity index (χ4n) is 0.953. The van der Waals surface area contributed by atoms with Crippen molar-refractivity contribution in [1.29, 1.82) is 0 Å². The summed E-state index contributed by atoms with van der Waals surface area (Å²) in [4.78, 5) is 10.2. The number of sulfonamides is 1. The Morgan fingerprint density at radius 1 is 1.25 bits per heavy atom. The molecule has 0 radical (unpaired) electrons. The van der Waals surface area contributed by atoms with Gasteiger partial charge in [0, 0.05) is 25.7 Å². The van der Waals surface area contributed by atoms with Crippen molar-refractivity contribution >= 4 is 16.0 Å². The number of aliphatic hydroxyl groups is 2. The van der Waals surface area contributed by atoms with Crippen LogP contribution in [0.3, 0.4) is 0 Å². The van der Waals surface area contributed by atoms with Gasteiger partial charge in [-0.25, -0.2) is 13.1 Å². The second-order valence-corrected chi connectivity index (χ2v) is 5.30. The predicted molar refractivity (Wildman–Crippen MR) is 56.3 cm³/mol. The van der Waals surface area contributed by atoms with Crippen molar-refractivity contribution in [3.05, 3.63) is 0 Å². The quantitative estimate of drug-likeness (QED) is 0.392. The summed E-state index contributed by atoms with van der Waals surface area (Å²) in [5, 5.41) is 25.7. The molecule has 0 saturated heterocycles. The Balaban J connectivity index is 3.86. The summed E-state index contributed by atoms with van der Waals surface area (Å²) in [6.07, 6.45) is -0.141. The normalized spacial score (nSPS) is 11.9. The minimum Gasteiger partial charge on any atom is -0.481 e. The van der Waals surface area contributed by atoms with E-state index in [0.29, 0.717) is 6.42 Å². The van der Waals surface area contributed by atoms with Crippen LogP contribution in [0.4, 0.5) is 0 Å². The van der Waals surface area contributed by atoms with Gasteiger partial charge in [-0.2, -0.15) is 0 Å². The molecule has 7 nitrogen and oxygen atoms in total. The maximum absolute atomic E-state index is 11.2. The predicted octanol–water partition coefficient (Wildman–Crippen LogP) is -1.63. The molecule has 0 bridgehead atoms. The third kappa shape index (κ3) is 7.57. The van der Waals surface area contributed by atoms with E-state index in [1.54, 1.807) is 0 Å². The van der Waals surface area contributed by atoms with Crippen molar-refractivity contribution in [1.82, 2.24) is 4.72 Å². The molecular weight excluding hydrogens is 238 g/mol. The summed E-state index contributed by atoms with van der Waals surface area (Å²) in [5.74, 6) is -2.00. The molecule has 0 spiro atoms. The zero-order valence-electron chi connectivity index (χ0n) is 8.79. The Kier molecular flexibility index (Phi) is 7.22. The van der Waals surface area contributed by atoms with E-state index in [4.69, 9.17) is 15.3 Å². The zero-order valence-corrected chi connectivity index (χ0v) is 9.61. The number of carboxylic acid groups (broad SMARTS) is 1. The highest BCUT2D eigenvalue weighted by molar-refractivity contribution is 7.89. The number of rotatable bonds is 9. The minimum atomic E-state index is -3.58. The number of hydrogen-bond acceptors (Lipinski definition) is 5. The number of carboxylic acids is 1. The van der Waals surface area contributed by atoms with Gasteiger partial charge in [0.1, 0.15) is 0 Å². The van der Waals surface area contributed by atoms with Crippen molar-refractivity contribution in [2.75, 3.05) is 25.5 Å². The van der Waals surface area contributed by atoms with E-state index < -0.39 is 28.2 Å². The van der Waals surface area contributed by atoms with Crippen molar-refractivity contribution < 1.29 is 28.5 Å². The topological polar surface area (TPSA) is 124 Å². The van der Waals surface area contributed by atoms with Crippen molar-refractivity contribution in [2.45, 2.75) is 12.8 Å². The van der Waals surface area contributed by atoms with E-state index in [0.717, 1.165) is 0 Å². The highest BCUT2D eigenvalue weighted by atomic mass is 32.2. The highest BCUT2D eigenvalue weighted by Gasteiger charge is 2.13. The van der Waals surface area contributed by atoms with Gasteiger partial charge < -0.3 is 15.3 Å². The third-order valence-corrected chi connectivity index (χ3v) is 3.36. The lowest BCUT2D eigenvalue weighted by Gasteiger charge is -2.11. The van der Waals surface area contributed by atoms with E-state index >= 15 is 0 Å². The van der Waals surface area contributed by atoms with Crippen molar-refractivity contribution in [3.63, 3.8) is 0 Å². The highest BCUT2D eigenvalue weighted by Crippen LogP contribution is 1.99. The first kappa shape index (κ1) is 15.3. The number of carbonyl (C=O) groups is 1. The van der Waals surface area contributed by atoms with Crippen LogP contribution >= 0.6 is 0 Å². The Labute approximate surface area is 94.1 Å². The van der Waals surface area contributed by atoms with Crippen LogP contribution in [0.25, 0.3) is 0 Å². The van der Waals surface area contributed by atoms with Gasteiger partial charge in [0.25, 0.3) is 0 Å². The third-order valence-electron chi connectivity index (χ3n) is 1.98. The Bertz CT molecular complexity index is 298. The van der Waals surface area contributed by atoms with E-state index in [2.05, 4.69) is 4.72 Å². The van der Waals surface area contributed by atoms with Crippen LogP contribution in [-0.2, 0) is 14.8 Å². The molecule has 0 fully saturated rings. The van der Waals surface area contributed by atoms with Crippen LogP contribution in [0, 0.1) is 5.92 Å². The zero-order chi connectivity index (χ0) is 12.6. The van der Waals surface area contributed by atoms with Crippen LogP contribution in [0.2, 0.25) is 0 Å². The Hall–Kier alpha value is -0.700. The van der Waals surface area contributed by atoms with Gasteiger partial charge in [-0.1, -0.05) is 0 Å². The lowest BCUT2D eigenvalue weighted by Crippen LogP contribution is -2.30. The second-order valence-electron chi connectivity index (χ2n) is 3.38. The summed E-state index contributed by atoms with van der Waals surface area (Å²) >= 11 is 0. The first-order valence-corrected chi connectivity index (χ1v) is 6.47. The van der Waals surface area contributed by atoms with Crippen molar-refractivity contribution in [2.24, 2.45) is 5.92 Å². The number of hydrogen-bond donors (Lipinski definition) is 4. The summed E-state index contributed by atoms with van der Waals surface area (Å²) in [7, 11) is -3.58. The van der Waals surface area contributed by atoms with Gasteiger partial charge in [-0.05, 0) is 6.42 Å². The van der Waals surface area contributed by atoms with Crippen molar-refractivity contribution in [3.8, 4) is 0 Å². The molecule has 0 rings (SSSR count). The molecule has 0 aromatic carbocycles. The fraction of sp³-hybridized carbons (Fsp3) is 0.875. The molecule has 0 heterocycles. The smallest absolute Gasteiger partial charge is 0.304 e. The van der Waals surface area contributed by atoms with Gasteiger partial charge in [0.2, 0.25) is 10.0 Å². The summed E-state index contributed by atoms with van der Waals surface area (Å²) in [6.45, 7) is -0.353. The van der Waals surface area contributed by atoms with E-state index in [9.17, 15) is 13.2 Å². The lowest BCUT2D eigenvalue weighted by molar-refractivity contribution is -0.136. The Morgan fingerprint density at radius 2 is 1.81 bits per heavy atom. The number of nitrogens with one attached hydrogen (secondary N) is 1. The molecule has 8 heteroatoms. The van der Waals surface area contributed by atoms with E-state index in [1.165, 1.54) is 0 Å². The molecule has 0 aromatic heterocycles. The summed E-state index contributed by atoms with van der Waals surface area (Å²) in [5.41, 5.74) is 0. The van der Waals surface area contributed by atoms with Gasteiger partial charge in [-0.3, -0.25) is 4.79 Å². The molecular formula is C8H17NO6S. The average Bonchev–Trinajstić information content (AvgIpc) is 2.22. The lowest BCUT2D eigenvalue weighted by atomic mass is 10.1. The standard InChI is InChI=1S/C8H17NO6S/c10-5-7(6-11)1-3-9-16(14,15)4-2-8(12)13/h7,9-11H,1-6H2,(H,12,13). The van der Waals surface area contributed by atoms with Gasteiger partial charge in [0.15, 0.2) is 0 Å². The monoisotopic (exact) mass is 255 g/mol. The molecule has 96 valence electrons. The van der Waals surface area contributed by atoms with E-state index in [-0.39, 0.29) is 25.7 Å². The van der Waals surface area contributed by atoms with Crippen LogP contribution in [0.5, 0.6) is 0 Å². The average molecular weight is 255 g/mol. The molecule has 0 unspecified atom stereocenters. The maximum atomic E-state index is 11.2. The molecule has 0 atom stereocenters. The number of aliphatic hydroxyl groups excluding tert-OH is 2. The Morgan fingerprint density at radius 3 is 2.25 bits per heavy atom. The fourth-order valence-corrected chi connectivity index (χ4v) is 1.97. The first-order valence-electron chi connectivity index (χ1n) is 4.82. The van der Waals surface area contributed by atoms with E-state index in [1.807, 2.05) is 0 Å². The molecule has 0 saturated carbocycles. The molecule has 0 aromatic rings. The van der Waals surface area contributed by atoms with Crippen LogP contribution in [-0.4, -0.2) is 55.2 Å². The van der Waals surface area contributed by atoms with Crippen LogP contribution < -0.4 is 4.72 Å². The number of aliphatic carboxylic acids is 1. The SMILES string of the molecule is O=C(O)CCS(=O)(=O)NCCC(CO)CO. The maximum Gasteiger partial charge on any atom is 0.304 e.